The minimum atomic E-state index is -0.789. The molecule has 0 fully saturated rings. The number of aliphatic hydroxyl groups is 2. The van der Waals surface area contributed by atoms with E-state index in [4.69, 9.17) is 0 Å². The van der Waals surface area contributed by atoms with Crippen LogP contribution in [-0.4, -0.2) is 36.0 Å². The smallest absolute Gasteiger partial charge is 0.181 e. The fourth-order valence-electron chi connectivity index (χ4n) is 2.50. The first-order chi connectivity index (χ1) is 12.1. The third-order valence-corrected chi connectivity index (χ3v) is 4.07. The molecule has 0 saturated carbocycles. The van der Waals surface area contributed by atoms with Gasteiger partial charge >= 0.3 is 0 Å². The Hall–Kier alpha value is -1.34. The number of benzene rings is 1. The largest absolute Gasteiger partial charge is 0.361 e. The summed E-state index contributed by atoms with van der Waals surface area (Å²) in [5, 5.41) is 32.3. The predicted molar refractivity (Wildman–Crippen MR) is 105 cm³/mol. The van der Waals surface area contributed by atoms with E-state index in [9.17, 15) is 10.2 Å². The molecule has 0 aliphatic rings. The first-order valence-electron chi connectivity index (χ1n) is 9.53. The van der Waals surface area contributed by atoms with Crippen LogP contribution in [0, 0.1) is 6.92 Å². The van der Waals surface area contributed by atoms with Crippen LogP contribution < -0.4 is 21.3 Å². The highest BCUT2D eigenvalue weighted by Gasteiger charge is 2.08. The van der Waals surface area contributed by atoms with E-state index < -0.39 is 12.7 Å². The molecule has 0 aliphatic heterocycles. The van der Waals surface area contributed by atoms with Crippen LogP contribution in [0.5, 0.6) is 0 Å². The molecular formula is C19H36N4O2. The molecule has 6 heteroatoms. The van der Waals surface area contributed by atoms with Gasteiger partial charge in [0.25, 0.3) is 0 Å². The highest BCUT2D eigenvalue weighted by molar-refractivity contribution is 5.61. The number of nitrogens with one attached hydrogen (secondary N) is 4. The molecular weight excluding hydrogens is 316 g/mol. The number of aliphatic hydroxyl groups excluding tert-OH is 2. The SMILES string of the molecule is CCCCCN[C@@H](O)Nc1cc(N[C@@H](O)NCCCCC)ccc1C. The van der Waals surface area contributed by atoms with Crippen molar-refractivity contribution in [2.75, 3.05) is 23.7 Å². The molecule has 0 amide bonds. The lowest BCUT2D eigenvalue weighted by Crippen LogP contribution is -2.37. The van der Waals surface area contributed by atoms with Gasteiger partial charge in [0, 0.05) is 11.4 Å². The molecule has 0 aliphatic carbocycles. The van der Waals surface area contributed by atoms with Gasteiger partial charge in [0.05, 0.1) is 0 Å². The molecule has 1 aromatic rings. The number of anilines is 2. The van der Waals surface area contributed by atoms with Crippen molar-refractivity contribution in [3.8, 4) is 0 Å². The zero-order valence-corrected chi connectivity index (χ0v) is 15.9. The number of unbranched alkanes of at least 4 members (excludes halogenated alkanes) is 4. The summed E-state index contributed by atoms with van der Waals surface area (Å²) < 4.78 is 0. The van der Waals surface area contributed by atoms with Crippen LogP contribution in [0.2, 0.25) is 0 Å². The topological polar surface area (TPSA) is 88.6 Å². The number of rotatable bonds is 14. The van der Waals surface area contributed by atoms with Gasteiger partial charge in [-0.05, 0) is 50.6 Å². The maximum atomic E-state index is 10.1. The van der Waals surface area contributed by atoms with Gasteiger partial charge in [0.2, 0.25) is 0 Å². The van der Waals surface area contributed by atoms with E-state index in [-0.39, 0.29) is 0 Å². The van der Waals surface area contributed by atoms with E-state index >= 15 is 0 Å². The summed E-state index contributed by atoms with van der Waals surface area (Å²) in [7, 11) is 0. The van der Waals surface area contributed by atoms with Gasteiger partial charge in [-0.2, -0.15) is 0 Å². The van der Waals surface area contributed by atoms with E-state index in [1.54, 1.807) is 0 Å². The maximum absolute atomic E-state index is 10.1. The van der Waals surface area contributed by atoms with Crippen LogP contribution in [0.4, 0.5) is 11.4 Å². The minimum absolute atomic E-state index is 0.777. The molecule has 25 heavy (non-hydrogen) atoms. The molecule has 0 bridgehead atoms. The second kappa shape index (κ2) is 12.9. The van der Waals surface area contributed by atoms with E-state index in [2.05, 4.69) is 35.1 Å². The minimum Gasteiger partial charge on any atom is -0.361 e. The number of hydrogen-bond donors (Lipinski definition) is 6. The van der Waals surface area contributed by atoms with Crippen molar-refractivity contribution in [1.29, 1.82) is 0 Å². The van der Waals surface area contributed by atoms with Crippen LogP contribution in [-0.2, 0) is 0 Å². The van der Waals surface area contributed by atoms with Gasteiger partial charge < -0.3 is 20.8 Å². The molecule has 6 nitrogen and oxygen atoms in total. The normalized spacial score (nSPS) is 13.5. The average molecular weight is 353 g/mol. The summed E-state index contributed by atoms with van der Waals surface area (Å²) in [5.41, 5.74) is 2.66. The van der Waals surface area contributed by atoms with Crippen molar-refractivity contribution in [3.63, 3.8) is 0 Å². The molecule has 0 radical (unpaired) electrons. The van der Waals surface area contributed by atoms with Gasteiger partial charge in [-0.1, -0.05) is 45.6 Å². The van der Waals surface area contributed by atoms with Crippen LogP contribution in [0.15, 0.2) is 18.2 Å². The highest BCUT2D eigenvalue weighted by Crippen LogP contribution is 2.20. The van der Waals surface area contributed by atoms with Crippen LogP contribution in [0.25, 0.3) is 0 Å². The molecule has 6 N–H and O–H groups in total. The zero-order valence-electron chi connectivity index (χ0n) is 15.9. The summed E-state index contributed by atoms with van der Waals surface area (Å²) >= 11 is 0. The lowest BCUT2D eigenvalue weighted by Gasteiger charge is -2.20. The van der Waals surface area contributed by atoms with Gasteiger partial charge in [-0.15, -0.1) is 0 Å². The van der Waals surface area contributed by atoms with Crippen molar-refractivity contribution >= 4 is 11.4 Å². The van der Waals surface area contributed by atoms with Gasteiger partial charge in [-0.3, -0.25) is 10.6 Å². The first-order valence-corrected chi connectivity index (χ1v) is 9.53. The maximum Gasteiger partial charge on any atom is 0.181 e. The third kappa shape index (κ3) is 9.65. The van der Waals surface area contributed by atoms with Crippen LogP contribution >= 0.6 is 0 Å². The fourth-order valence-corrected chi connectivity index (χ4v) is 2.50. The molecule has 0 heterocycles. The van der Waals surface area contributed by atoms with Crippen molar-refractivity contribution in [2.24, 2.45) is 0 Å². The summed E-state index contributed by atoms with van der Waals surface area (Å²) in [4.78, 5) is 0. The summed E-state index contributed by atoms with van der Waals surface area (Å²) in [6.07, 6.45) is 5.15. The molecule has 2 atom stereocenters. The lowest BCUT2D eigenvalue weighted by atomic mass is 10.2. The van der Waals surface area contributed by atoms with E-state index in [1.807, 2.05) is 25.1 Å². The third-order valence-electron chi connectivity index (χ3n) is 4.07. The Balaban J connectivity index is 2.46. The van der Waals surface area contributed by atoms with Crippen molar-refractivity contribution in [2.45, 2.75) is 72.0 Å². The average Bonchev–Trinajstić information content (AvgIpc) is 2.58. The van der Waals surface area contributed by atoms with Gasteiger partial charge in [0.15, 0.2) is 12.7 Å². The summed E-state index contributed by atoms with van der Waals surface area (Å²) in [6.45, 7) is 7.85. The Labute approximate surface area is 152 Å². The molecule has 0 unspecified atom stereocenters. The summed E-state index contributed by atoms with van der Waals surface area (Å²) in [5.74, 6) is 0. The molecule has 144 valence electrons. The van der Waals surface area contributed by atoms with Gasteiger partial charge in [-0.25, -0.2) is 0 Å². The molecule has 0 aromatic heterocycles. The zero-order chi connectivity index (χ0) is 18.5. The van der Waals surface area contributed by atoms with E-state index in [0.29, 0.717) is 0 Å². The van der Waals surface area contributed by atoms with Crippen LogP contribution in [0.1, 0.15) is 57.9 Å². The number of hydrogen-bond acceptors (Lipinski definition) is 6. The molecule has 0 spiro atoms. The second-order valence-corrected chi connectivity index (χ2v) is 6.45. The molecule has 0 saturated heterocycles. The Morgan fingerprint density at radius 2 is 1.40 bits per heavy atom. The van der Waals surface area contributed by atoms with Gasteiger partial charge in [0.1, 0.15) is 0 Å². The number of aryl methyl sites for hydroxylation is 1. The summed E-state index contributed by atoms with van der Waals surface area (Å²) in [6, 6.07) is 5.76. The monoisotopic (exact) mass is 352 g/mol. The quantitative estimate of drug-likeness (QED) is 0.228. The highest BCUT2D eigenvalue weighted by atomic mass is 16.3. The second-order valence-electron chi connectivity index (χ2n) is 6.45. The van der Waals surface area contributed by atoms with E-state index in [0.717, 1.165) is 68.6 Å². The Kier molecular flexibility index (Phi) is 11.2. The Morgan fingerprint density at radius 3 is 1.96 bits per heavy atom. The van der Waals surface area contributed by atoms with Crippen molar-refractivity contribution in [1.82, 2.24) is 10.6 Å². The Bertz CT molecular complexity index is 471. The molecule has 1 rings (SSSR count). The lowest BCUT2D eigenvalue weighted by molar-refractivity contribution is 0.164. The standard InChI is InChI=1S/C19H36N4O2/c1-4-6-8-12-20-18(24)22-16-11-10-15(3)17(14-16)23-19(25)21-13-9-7-5-2/h10-11,14,18-25H,4-9,12-13H2,1-3H3/t18-,19+/m0/s1. The van der Waals surface area contributed by atoms with Crippen molar-refractivity contribution in [3.05, 3.63) is 23.8 Å². The van der Waals surface area contributed by atoms with Crippen molar-refractivity contribution < 1.29 is 10.2 Å². The predicted octanol–water partition coefficient (Wildman–Crippen LogP) is 2.93. The molecule has 1 aromatic carbocycles. The fraction of sp³-hybridized carbons (Fsp3) is 0.684. The van der Waals surface area contributed by atoms with E-state index in [1.165, 1.54) is 0 Å². The Morgan fingerprint density at radius 1 is 0.840 bits per heavy atom. The van der Waals surface area contributed by atoms with Crippen LogP contribution in [0.3, 0.4) is 0 Å². The first kappa shape index (κ1) is 21.7.